The molecular formula is C15H22N6O3. The number of hydrogen-bond donors (Lipinski definition) is 2. The minimum Gasteiger partial charge on any atom is -0.353 e. The third-order valence-corrected chi connectivity index (χ3v) is 4.63. The van der Waals surface area contributed by atoms with Crippen LogP contribution in [0.4, 0.5) is 0 Å². The average Bonchev–Trinajstić information content (AvgIpc) is 3.17. The summed E-state index contributed by atoms with van der Waals surface area (Å²) in [6.45, 7) is 4.78. The summed E-state index contributed by atoms with van der Waals surface area (Å²) in [6.07, 6.45) is 3.65. The summed E-state index contributed by atoms with van der Waals surface area (Å²) < 4.78 is 2.72. The molecule has 9 nitrogen and oxygen atoms in total. The lowest BCUT2D eigenvalue weighted by Gasteiger charge is -2.22. The van der Waals surface area contributed by atoms with Gasteiger partial charge in [0.1, 0.15) is 6.54 Å². The highest BCUT2D eigenvalue weighted by molar-refractivity contribution is 5.78. The number of carbonyl (C=O) groups excluding carboxylic acids is 1. The van der Waals surface area contributed by atoms with Crippen molar-refractivity contribution in [2.24, 2.45) is 7.05 Å². The van der Waals surface area contributed by atoms with E-state index in [1.807, 2.05) is 0 Å². The second-order valence-corrected chi connectivity index (χ2v) is 6.09. The fraction of sp³-hybridized carbons (Fsp3) is 0.600. The van der Waals surface area contributed by atoms with E-state index >= 15 is 0 Å². The van der Waals surface area contributed by atoms with Crippen LogP contribution in [0.15, 0.2) is 15.9 Å². The highest BCUT2D eigenvalue weighted by Gasteiger charge is 2.23. The second-order valence-electron chi connectivity index (χ2n) is 6.09. The van der Waals surface area contributed by atoms with Crippen molar-refractivity contribution in [2.75, 3.05) is 19.6 Å². The number of amides is 1. The molecule has 2 aromatic rings. The van der Waals surface area contributed by atoms with Crippen LogP contribution in [0.3, 0.4) is 0 Å². The van der Waals surface area contributed by atoms with Crippen LogP contribution < -0.4 is 16.6 Å². The van der Waals surface area contributed by atoms with Crippen molar-refractivity contribution in [2.45, 2.75) is 32.4 Å². The molecule has 0 aliphatic carbocycles. The van der Waals surface area contributed by atoms with Gasteiger partial charge in [0, 0.05) is 19.6 Å². The van der Waals surface area contributed by atoms with Crippen molar-refractivity contribution in [1.29, 1.82) is 0 Å². The Morgan fingerprint density at radius 1 is 1.46 bits per heavy atom. The van der Waals surface area contributed by atoms with E-state index in [0.29, 0.717) is 12.6 Å². The summed E-state index contributed by atoms with van der Waals surface area (Å²) in [5.74, 6) is -0.175. The van der Waals surface area contributed by atoms with E-state index in [0.717, 1.165) is 25.9 Å². The van der Waals surface area contributed by atoms with E-state index in [1.165, 1.54) is 22.5 Å². The zero-order valence-electron chi connectivity index (χ0n) is 13.9. The zero-order chi connectivity index (χ0) is 17.3. The Morgan fingerprint density at radius 2 is 2.25 bits per heavy atom. The maximum Gasteiger partial charge on any atom is 0.329 e. The van der Waals surface area contributed by atoms with Gasteiger partial charge in [0.2, 0.25) is 5.91 Å². The predicted molar refractivity (Wildman–Crippen MR) is 88.9 cm³/mol. The molecular weight excluding hydrogens is 312 g/mol. The van der Waals surface area contributed by atoms with Crippen LogP contribution in [0.25, 0.3) is 11.2 Å². The van der Waals surface area contributed by atoms with Gasteiger partial charge in [-0.05, 0) is 25.9 Å². The van der Waals surface area contributed by atoms with Crippen molar-refractivity contribution >= 4 is 17.1 Å². The lowest BCUT2D eigenvalue weighted by molar-refractivity contribution is -0.121. The number of hydrogen-bond acceptors (Lipinski definition) is 5. The molecule has 3 heterocycles. The number of nitrogens with one attached hydrogen (secondary N) is 2. The summed E-state index contributed by atoms with van der Waals surface area (Å²) in [6, 6.07) is 0.378. The first-order valence-electron chi connectivity index (χ1n) is 8.16. The summed E-state index contributed by atoms with van der Waals surface area (Å²) in [5, 5.41) is 2.93. The predicted octanol–water partition coefficient (Wildman–Crippen LogP) is -0.976. The Bertz CT molecular complexity index is 864. The van der Waals surface area contributed by atoms with Gasteiger partial charge in [-0.25, -0.2) is 9.78 Å². The molecule has 1 saturated heterocycles. The molecule has 3 rings (SSSR count). The van der Waals surface area contributed by atoms with Gasteiger partial charge in [-0.1, -0.05) is 6.92 Å². The maximum atomic E-state index is 12.2. The number of nitrogens with zero attached hydrogens (tertiary/aromatic N) is 4. The molecule has 0 bridgehead atoms. The summed E-state index contributed by atoms with van der Waals surface area (Å²) in [7, 11) is 1.53. The van der Waals surface area contributed by atoms with E-state index in [4.69, 9.17) is 0 Å². The molecule has 1 fully saturated rings. The first-order chi connectivity index (χ1) is 11.5. The van der Waals surface area contributed by atoms with Crippen LogP contribution in [0.1, 0.15) is 19.8 Å². The second kappa shape index (κ2) is 6.60. The number of aryl methyl sites for hydroxylation is 1. The molecule has 0 unspecified atom stereocenters. The van der Waals surface area contributed by atoms with Crippen LogP contribution in [0.5, 0.6) is 0 Å². The number of likely N-dealkylation sites (tertiary alicyclic amines) is 1. The average molecular weight is 334 g/mol. The van der Waals surface area contributed by atoms with Crippen molar-refractivity contribution < 1.29 is 4.79 Å². The fourth-order valence-corrected chi connectivity index (χ4v) is 3.29. The van der Waals surface area contributed by atoms with Crippen molar-refractivity contribution in [3.63, 3.8) is 0 Å². The molecule has 1 aliphatic heterocycles. The minimum atomic E-state index is -0.536. The molecule has 9 heteroatoms. The highest BCUT2D eigenvalue weighted by atomic mass is 16.2. The fourth-order valence-electron chi connectivity index (χ4n) is 3.29. The van der Waals surface area contributed by atoms with E-state index < -0.39 is 11.2 Å². The summed E-state index contributed by atoms with van der Waals surface area (Å²) >= 11 is 0. The first kappa shape index (κ1) is 16.4. The van der Waals surface area contributed by atoms with Gasteiger partial charge in [-0.3, -0.25) is 24.0 Å². The maximum absolute atomic E-state index is 12.2. The van der Waals surface area contributed by atoms with Gasteiger partial charge in [0.25, 0.3) is 5.56 Å². The molecule has 1 atom stereocenters. The van der Waals surface area contributed by atoms with Crippen LogP contribution in [0.2, 0.25) is 0 Å². The standard InChI is InChI=1S/C15H22N6O3/c1-3-20-6-4-5-10(20)7-16-11(22)8-21-9-17-13-12(21)14(23)18-15(24)19(13)2/h9-10H,3-8H2,1-2H3,(H,16,22)(H,18,23,24)/t10-/m1/s1. The van der Waals surface area contributed by atoms with E-state index in [9.17, 15) is 14.4 Å². The molecule has 24 heavy (non-hydrogen) atoms. The number of rotatable bonds is 5. The molecule has 2 aromatic heterocycles. The van der Waals surface area contributed by atoms with Crippen molar-refractivity contribution in [3.8, 4) is 0 Å². The minimum absolute atomic E-state index is 0.00334. The first-order valence-corrected chi connectivity index (χ1v) is 8.16. The van der Waals surface area contributed by atoms with Crippen LogP contribution >= 0.6 is 0 Å². The molecule has 0 aromatic carbocycles. The number of carbonyl (C=O) groups is 1. The smallest absolute Gasteiger partial charge is 0.329 e. The monoisotopic (exact) mass is 334 g/mol. The quantitative estimate of drug-likeness (QED) is 0.731. The van der Waals surface area contributed by atoms with Crippen LogP contribution in [-0.2, 0) is 18.4 Å². The summed E-state index contributed by atoms with van der Waals surface area (Å²) in [4.78, 5) is 44.4. The van der Waals surface area contributed by atoms with Gasteiger partial charge in [0.05, 0.1) is 6.33 Å². The van der Waals surface area contributed by atoms with Gasteiger partial charge >= 0.3 is 5.69 Å². The zero-order valence-corrected chi connectivity index (χ0v) is 13.9. The number of aromatic amines is 1. The van der Waals surface area contributed by atoms with Gasteiger partial charge in [-0.2, -0.15) is 0 Å². The summed E-state index contributed by atoms with van der Waals surface area (Å²) in [5.41, 5.74) is -0.567. The third-order valence-electron chi connectivity index (χ3n) is 4.63. The molecule has 0 radical (unpaired) electrons. The lowest BCUT2D eigenvalue weighted by atomic mass is 10.2. The molecule has 0 spiro atoms. The van der Waals surface area contributed by atoms with Gasteiger partial charge < -0.3 is 9.88 Å². The highest BCUT2D eigenvalue weighted by Crippen LogP contribution is 2.15. The Labute approximate surface area is 138 Å². The number of likely N-dealkylation sites (N-methyl/N-ethyl adjacent to an activating group) is 1. The van der Waals surface area contributed by atoms with Gasteiger partial charge in [-0.15, -0.1) is 0 Å². The third kappa shape index (κ3) is 2.99. The topological polar surface area (TPSA) is 105 Å². The molecule has 1 aliphatic rings. The van der Waals surface area contributed by atoms with E-state index in [1.54, 1.807) is 0 Å². The Kier molecular flexibility index (Phi) is 4.52. The van der Waals surface area contributed by atoms with Gasteiger partial charge in [0.15, 0.2) is 11.2 Å². The lowest BCUT2D eigenvalue weighted by Crippen LogP contribution is -2.41. The Hall–Kier alpha value is -2.42. The van der Waals surface area contributed by atoms with E-state index in [-0.39, 0.29) is 23.6 Å². The van der Waals surface area contributed by atoms with Crippen LogP contribution in [-0.4, -0.2) is 55.6 Å². The number of imidazole rings is 1. The normalized spacial score (nSPS) is 18.3. The van der Waals surface area contributed by atoms with Crippen molar-refractivity contribution in [1.82, 2.24) is 29.3 Å². The molecule has 0 saturated carbocycles. The Balaban J connectivity index is 1.71. The molecule has 130 valence electrons. The van der Waals surface area contributed by atoms with E-state index in [2.05, 4.69) is 27.1 Å². The Morgan fingerprint density at radius 3 is 3.00 bits per heavy atom. The van der Waals surface area contributed by atoms with Crippen LogP contribution in [0, 0.1) is 0 Å². The number of fused-ring (bicyclic) bond motifs is 1. The SMILES string of the molecule is CCN1CCC[C@@H]1CNC(=O)Cn1cnc2c1c(=O)[nH]c(=O)n2C. The van der Waals surface area contributed by atoms with Crippen molar-refractivity contribution in [3.05, 3.63) is 27.2 Å². The molecule has 1 amide bonds. The largest absolute Gasteiger partial charge is 0.353 e. The number of H-pyrrole nitrogens is 1. The molecule has 2 N–H and O–H groups in total. The number of aromatic nitrogens is 4.